The smallest absolute Gasteiger partial charge is 0.322 e. The Hall–Kier alpha value is -3.18. The highest BCUT2D eigenvalue weighted by atomic mass is 32.2. The summed E-state index contributed by atoms with van der Waals surface area (Å²) in [6, 6.07) is 4.92. The topological polar surface area (TPSA) is 154 Å². The molecule has 3 rings (SSSR count). The van der Waals surface area contributed by atoms with E-state index in [9.17, 15) is 23.1 Å². The molecule has 2 heterocycles. The molecule has 178 valence electrons. The lowest BCUT2D eigenvalue weighted by Gasteiger charge is -2.15. The molecule has 0 saturated carbocycles. The minimum Gasteiger partial charge on any atom is -0.480 e. The Bertz CT molecular complexity index is 1240. The first-order valence-electron chi connectivity index (χ1n) is 10.8. The first kappa shape index (κ1) is 24.5. The molecule has 11 heteroatoms. The van der Waals surface area contributed by atoms with Crippen LogP contribution in [0.3, 0.4) is 0 Å². The van der Waals surface area contributed by atoms with Gasteiger partial charge >= 0.3 is 5.97 Å². The minimum absolute atomic E-state index is 0.0870. The summed E-state index contributed by atoms with van der Waals surface area (Å²) in [5, 5.41) is 12.9. The van der Waals surface area contributed by atoms with Crippen molar-refractivity contribution < 1.29 is 22.7 Å². The predicted octanol–water partition coefficient (Wildman–Crippen LogP) is 2.28. The van der Waals surface area contributed by atoms with Crippen molar-refractivity contribution >= 4 is 32.9 Å². The van der Waals surface area contributed by atoms with E-state index in [2.05, 4.69) is 20.0 Å². The Morgan fingerprint density at radius 2 is 2.09 bits per heavy atom. The zero-order valence-corrected chi connectivity index (χ0v) is 19.2. The number of hydrogen-bond donors (Lipinski definition) is 4. The van der Waals surface area contributed by atoms with Gasteiger partial charge in [0.1, 0.15) is 17.4 Å². The lowest BCUT2D eigenvalue weighted by atomic mass is 10.0. The van der Waals surface area contributed by atoms with Gasteiger partial charge in [-0.05, 0) is 37.0 Å². The largest absolute Gasteiger partial charge is 0.480 e. The van der Waals surface area contributed by atoms with Gasteiger partial charge in [0, 0.05) is 31.4 Å². The number of carbonyl (C=O) groups is 1. The highest BCUT2D eigenvalue weighted by molar-refractivity contribution is 7.89. The van der Waals surface area contributed by atoms with Crippen LogP contribution in [-0.4, -0.2) is 47.8 Å². The number of H-pyrrole nitrogens is 1. The second kappa shape index (κ2) is 11.1. The number of benzene rings is 1. The van der Waals surface area contributed by atoms with Crippen LogP contribution in [0.1, 0.15) is 37.5 Å². The van der Waals surface area contributed by atoms with Gasteiger partial charge in [0.15, 0.2) is 11.4 Å². The third-order valence-electron chi connectivity index (χ3n) is 5.06. The highest BCUT2D eigenvalue weighted by Crippen LogP contribution is 2.17. The number of aromatic nitrogens is 2. The molecule has 4 N–H and O–H groups in total. The molecular weight excluding hydrogens is 448 g/mol. The quantitative estimate of drug-likeness (QED) is 0.274. The first-order valence-corrected chi connectivity index (χ1v) is 12.4. The standard InChI is InChI=1S/C22H28N4O6S/c1-2-3-11-33(30,31)26-18(21(28)29)13-15-6-7-20-17(12-15)19(27)14-16(32-20)5-4-8-23-22-24-9-10-25-22/h6-7,9-10,12,14,18,26H,2-5,8,11,13H2,1H3,(H,28,29)(H2,23,24,25)/t18-/m0/s1. The fourth-order valence-electron chi connectivity index (χ4n) is 3.36. The molecule has 0 saturated heterocycles. The molecule has 0 aliphatic heterocycles. The lowest BCUT2D eigenvalue weighted by molar-refractivity contribution is -0.138. The SMILES string of the molecule is CCCCS(=O)(=O)N[C@@H](Cc1ccc2oc(CCCNc3ncc[nH]3)cc(=O)c2c1)C(=O)O. The van der Waals surface area contributed by atoms with Gasteiger partial charge in [-0.25, -0.2) is 18.1 Å². The number of nitrogens with one attached hydrogen (secondary N) is 3. The Labute approximate surface area is 191 Å². The number of imidazole rings is 1. The molecule has 0 amide bonds. The molecule has 0 spiro atoms. The van der Waals surface area contributed by atoms with E-state index in [4.69, 9.17) is 4.42 Å². The predicted molar refractivity (Wildman–Crippen MR) is 125 cm³/mol. The summed E-state index contributed by atoms with van der Waals surface area (Å²) >= 11 is 0. The van der Waals surface area contributed by atoms with Gasteiger partial charge in [0.2, 0.25) is 10.0 Å². The van der Waals surface area contributed by atoms with E-state index in [1.807, 2.05) is 6.92 Å². The number of unbranched alkanes of at least 4 members (excludes halogenated alkanes) is 1. The van der Waals surface area contributed by atoms with Crippen LogP contribution in [0.5, 0.6) is 0 Å². The summed E-state index contributed by atoms with van der Waals surface area (Å²) in [5.74, 6) is -0.182. The van der Waals surface area contributed by atoms with Crippen LogP contribution >= 0.6 is 0 Å². The monoisotopic (exact) mass is 476 g/mol. The number of nitrogens with zero attached hydrogens (tertiary/aromatic N) is 1. The van der Waals surface area contributed by atoms with Crippen molar-refractivity contribution in [2.45, 2.75) is 45.1 Å². The summed E-state index contributed by atoms with van der Waals surface area (Å²) < 4.78 is 32.3. The fourth-order valence-corrected chi connectivity index (χ4v) is 4.76. The number of carboxylic acid groups (broad SMARTS) is 1. The van der Waals surface area contributed by atoms with Crippen LogP contribution in [0.4, 0.5) is 5.95 Å². The summed E-state index contributed by atoms with van der Waals surface area (Å²) in [5.41, 5.74) is 0.689. The Balaban J connectivity index is 1.68. The van der Waals surface area contributed by atoms with Crippen molar-refractivity contribution in [3.8, 4) is 0 Å². The molecule has 1 aromatic carbocycles. The van der Waals surface area contributed by atoms with Crippen molar-refractivity contribution in [3.63, 3.8) is 0 Å². The van der Waals surface area contributed by atoms with Gasteiger partial charge in [0.25, 0.3) is 0 Å². The van der Waals surface area contributed by atoms with E-state index < -0.39 is 22.0 Å². The van der Waals surface area contributed by atoms with Crippen LogP contribution in [0, 0.1) is 0 Å². The van der Waals surface area contributed by atoms with E-state index in [1.165, 1.54) is 6.07 Å². The number of aliphatic carboxylic acids is 1. The second-order valence-electron chi connectivity index (χ2n) is 7.76. The van der Waals surface area contributed by atoms with Gasteiger partial charge in [-0.2, -0.15) is 0 Å². The van der Waals surface area contributed by atoms with E-state index in [0.717, 1.165) is 6.42 Å². The number of rotatable bonds is 13. The van der Waals surface area contributed by atoms with Gasteiger partial charge in [-0.15, -0.1) is 0 Å². The maximum absolute atomic E-state index is 12.6. The second-order valence-corrected chi connectivity index (χ2v) is 9.63. The summed E-state index contributed by atoms with van der Waals surface area (Å²) in [6.07, 6.45) is 5.70. The molecule has 10 nitrogen and oxygen atoms in total. The molecule has 0 fully saturated rings. The molecule has 0 aliphatic rings. The summed E-state index contributed by atoms with van der Waals surface area (Å²) in [4.78, 5) is 31.3. The maximum Gasteiger partial charge on any atom is 0.322 e. The molecule has 2 aromatic heterocycles. The van der Waals surface area contributed by atoms with E-state index in [0.29, 0.717) is 54.0 Å². The number of aromatic amines is 1. The maximum atomic E-state index is 12.6. The van der Waals surface area contributed by atoms with Gasteiger partial charge in [-0.1, -0.05) is 19.4 Å². The third kappa shape index (κ3) is 7.16. The molecule has 0 bridgehead atoms. The normalized spacial score (nSPS) is 12.6. The van der Waals surface area contributed by atoms with Gasteiger partial charge in [0.05, 0.1) is 11.1 Å². The Kier molecular flexibility index (Phi) is 8.23. The first-order chi connectivity index (χ1) is 15.8. The highest BCUT2D eigenvalue weighted by Gasteiger charge is 2.24. The van der Waals surface area contributed by atoms with E-state index >= 15 is 0 Å². The fraction of sp³-hybridized carbons (Fsp3) is 0.409. The Morgan fingerprint density at radius 1 is 1.27 bits per heavy atom. The van der Waals surface area contributed by atoms with Crippen molar-refractivity contribution in [1.82, 2.24) is 14.7 Å². The Morgan fingerprint density at radius 3 is 2.79 bits per heavy atom. The number of sulfonamides is 1. The average Bonchev–Trinajstić information content (AvgIpc) is 3.29. The number of fused-ring (bicyclic) bond motifs is 1. The zero-order valence-electron chi connectivity index (χ0n) is 18.3. The number of hydrogen-bond acceptors (Lipinski definition) is 7. The van der Waals surface area contributed by atoms with Crippen LogP contribution < -0.4 is 15.5 Å². The number of carboxylic acids is 1. The molecule has 3 aromatic rings. The molecule has 0 unspecified atom stereocenters. The van der Waals surface area contributed by atoms with Crippen LogP contribution in [0.25, 0.3) is 11.0 Å². The van der Waals surface area contributed by atoms with Crippen molar-refractivity contribution in [1.29, 1.82) is 0 Å². The third-order valence-corrected chi connectivity index (χ3v) is 6.53. The zero-order chi connectivity index (χ0) is 23.8. The van der Waals surface area contributed by atoms with Crippen LogP contribution in [0.2, 0.25) is 0 Å². The molecule has 1 atom stereocenters. The molecule has 0 radical (unpaired) electrons. The van der Waals surface area contributed by atoms with E-state index in [-0.39, 0.29) is 17.6 Å². The summed E-state index contributed by atoms with van der Waals surface area (Å²) in [7, 11) is -3.71. The number of anilines is 1. The molecule has 0 aliphatic carbocycles. The van der Waals surface area contributed by atoms with Gasteiger partial charge in [-0.3, -0.25) is 9.59 Å². The van der Waals surface area contributed by atoms with Crippen molar-refractivity contribution in [2.24, 2.45) is 0 Å². The summed E-state index contributed by atoms with van der Waals surface area (Å²) in [6.45, 7) is 2.51. The van der Waals surface area contributed by atoms with Crippen LogP contribution in [-0.2, 0) is 27.7 Å². The minimum atomic E-state index is -3.71. The lowest BCUT2D eigenvalue weighted by Crippen LogP contribution is -2.43. The van der Waals surface area contributed by atoms with E-state index in [1.54, 1.807) is 30.6 Å². The van der Waals surface area contributed by atoms with Gasteiger partial charge < -0.3 is 19.8 Å². The van der Waals surface area contributed by atoms with Crippen molar-refractivity contribution in [2.75, 3.05) is 17.6 Å². The van der Waals surface area contributed by atoms with Crippen molar-refractivity contribution in [3.05, 3.63) is 58.2 Å². The molecule has 33 heavy (non-hydrogen) atoms. The molecular formula is C22H28N4O6S. The van der Waals surface area contributed by atoms with Crippen LogP contribution in [0.15, 0.2) is 45.9 Å². The average molecular weight is 477 g/mol. The number of aryl methyl sites for hydroxylation is 1.